The standard InChI is InChI=1S/C17H15ClF3N3/c1-2-10-3-5-11(6-4-10)15-14(8-22)24-9-12(17(19,20)21)7-13(18)16(24)23-15/h3-7,9H,2,8,22H2,1H3. The van der Waals surface area contributed by atoms with Gasteiger partial charge >= 0.3 is 6.18 Å². The van der Waals surface area contributed by atoms with E-state index in [1.165, 1.54) is 4.40 Å². The Bertz CT molecular complexity index is 883. The smallest absolute Gasteiger partial charge is 0.325 e. The molecule has 0 unspecified atom stereocenters. The van der Waals surface area contributed by atoms with E-state index >= 15 is 0 Å². The van der Waals surface area contributed by atoms with Crippen molar-refractivity contribution >= 4 is 17.2 Å². The number of alkyl halides is 3. The van der Waals surface area contributed by atoms with Gasteiger partial charge in [0.05, 0.1) is 22.0 Å². The summed E-state index contributed by atoms with van der Waals surface area (Å²) in [6, 6.07) is 8.58. The number of nitrogens with zero attached hydrogens (tertiary/aromatic N) is 2. The molecular formula is C17H15ClF3N3. The zero-order valence-corrected chi connectivity index (χ0v) is 13.6. The molecule has 2 N–H and O–H groups in total. The number of rotatable bonds is 3. The predicted molar refractivity (Wildman–Crippen MR) is 87.9 cm³/mol. The highest BCUT2D eigenvalue weighted by atomic mass is 35.5. The quantitative estimate of drug-likeness (QED) is 0.742. The van der Waals surface area contributed by atoms with Crippen LogP contribution in [-0.4, -0.2) is 9.38 Å². The first-order valence-electron chi connectivity index (χ1n) is 7.42. The fourth-order valence-corrected chi connectivity index (χ4v) is 2.88. The van der Waals surface area contributed by atoms with Gasteiger partial charge < -0.3 is 10.1 Å². The molecule has 126 valence electrons. The number of halogens is 4. The maximum atomic E-state index is 13.0. The second-order valence-electron chi connectivity index (χ2n) is 5.43. The third-order valence-corrected chi connectivity index (χ3v) is 4.21. The predicted octanol–water partition coefficient (Wildman–Crippen LogP) is 4.69. The molecule has 3 rings (SSSR count). The molecular weight excluding hydrogens is 339 g/mol. The largest absolute Gasteiger partial charge is 0.417 e. The average molecular weight is 354 g/mol. The van der Waals surface area contributed by atoms with Crippen molar-refractivity contribution in [1.82, 2.24) is 9.38 Å². The normalized spacial score (nSPS) is 12.1. The van der Waals surface area contributed by atoms with Crippen LogP contribution in [0.5, 0.6) is 0 Å². The van der Waals surface area contributed by atoms with Crippen LogP contribution in [0.15, 0.2) is 36.5 Å². The number of aromatic nitrogens is 2. The molecule has 0 aliphatic rings. The molecule has 3 nitrogen and oxygen atoms in total. The summed E-state index contributed by atoms with van der Waals surface area (Å²) in [5.74, 6) is 0. The maximum absolute atomic E-state index is 13.0. The zero-order valence-electron chi connectivity index (χ0n) is 12.9. The van der Waals surface area contributed by atoms with Crippen molar-refractivity contribution in [1.29, 1.82) is 0 Å². The molecule has 2 heterocycles. The minimum atomic E-state index is -4.49. The van der Waals surface area contributed by atoms with Gasteiger partial charge in [0.1, 0.15) is 0 Å². The lowest BCUT2D eigenvalue weighted by atomic mass is 10.1. The van der Waals surface area contributed by atoms with Crippen LogP contribution in [-0.2, 0) is 19.1 Å². The maximum Gasteiger partial charge on any atom is 0.417 e. The van der Waals surface area contributed by atoms with E-state index < -0.39 is 11.7 Å². The number of fused-ring (bicyclic) bond motifs is 1. The Morgan fingerprint density at radius 1 is 1.21 bits per heavy atom. The summed E-state index contributed by atoms with van der Waals surface area (Å²) in [6.07, 6.45) is -2.60. The summed E-state index contributed by atoms with van der Waals surface area (Å²) >= 11 is 6.02. The van der Waals surface area contributed by atoms with Crippen LogP contribution in [0.4, 0.5) is 13.2 Å². The van der Waals surface area contributed by atoms with Crippen LogP contribution < -0.4 is 5.73 Å². The van der Waals surface area contributed by atoms with E-state index in [0.717, 1.165) is 29.8 Å². The number of nitrogens with two attached hydrogens (primary N) is 1. The summed E-state index contributed by atoms with van der Waals surface area (Å²) in [5.41, 5.74) is 8.19. The fourth-order valence-electron chi connectivity index (χ4n) is 2.63. The highest BCUT2D eigenvalue weighted by molar-refractivity contribution is 6.33. The van der Waals surface area contributed by atoms with Crippen molar-refractivity contribution in [3.63, 3.8) is 0 Å². The zero-order chi connectivity index (χ0) is 17.5. The summed E-state index contributed by atoms with van der Waals surface area (Å²) < 4.78 is 40.4. The molecule has 0 radical (unpaired) electrons. The van der Waals surface area contributed by atoms with Gasteiger partial charge in [-0.1, -0.05) is 42.8 Å². The van der Waals surface area contributed by atoms with Crippen LogP contribution in [0.1, 0.15) is 23.7 Å². The topological polar surface area (TPSA) is 43.3 Å². The summed E-state index contributed by atoms with van der Waals surface area (Å²) in [5, 5.41) is -0.0593. The highest BCUT2D eigenvalue weighted by Gasteiger charge is 2.32. The van der Waals surface area contributed by atoms with E-state index in [-0.39, 0.29) is 17.2 Å². The Kier molecular flexibility index (Phi) is 4.27. The van der Waals surface area contributed by atoms with Gasteiger partial charge in [-0.05, 0) is 18.1 Å². The van der Waals surface area contributed by atoms with Crippen LogP contribution in [0.25, 0.3) is 16.9 Å². The van der Waals surface area contributed by atoms with Crippen LogP contribution >= 0.6 is 11.6 Å². The number of pyridine rings is 1. The molecule has 2 aromatic heterocycles. The first-order valence-corrected chi connectivity index (χ1v) is 7.80. The van der Waals surface area contributed by atoms with E-state index in [4.69, 9.17) is 17.3 Å². The van der Waals surface area contributed by atoms with E-state index in [1.807, 2.05) is 31.2 Å². The molecule has 24 heavy (non-hydrogen) atoms. The fraction of sp³-hybridized carbons (Fsp3) is 0.235. The molecule has 0 saturated heterocycles. The molecule has 1 aromatic carbocycles. The van der Waals surface area contributed by atoms with Crippen molar-refractivity contribution in [2.24, 2.45) is 5.73 Å². The van der Waals surface area contributed by atoms with Crippen molar-refractivity contribution < 1.29 is 13.2 Å². The minimum absolute atomic E-state index is 0.0453. The third kappa shape index (κ3) is 2.87. The van der Waals surface area contributed by atoms with E-state index in [0.29, 0.717) is 11.4 Å². The Labute approximate surface area is 141 Å². The van der Waals surface area contributed by atoms with Gasteiger partial charge in [-0.2, -0.15) is 13.2 Å². The number of benzene rings is 1. The molecule has 7 heteroatoms. The van der Waals surface area contributed by atoms with Gasteiger partial charge in [0.2, 0.25) is 0 Å². The second-order valence-corrected chi connectivity index (χ2v) is 5.84. The number of hydrogen-bond donors (Lipinski definition) is 1. The van der Waals surface area contributed by atoms with Gasteiger partial charge in [0.25, 0.3) is 0 Å². The van der Waals surface area contributed by atoms with Crippen molar-refractivity contribution in [3.8, 4) is 11.3 Å². The summed E-state index contributed by atoms with van der Waals surface area (Å²) in [4.78, 5) is 4.42. The lowest BCUT2D eigenvalue weighted by molar-refractivity contribution is -0.137. The average Bonchev–Trinajstić information content (AvgIpc) is 2.93. The second kappa shape index (κ2) is 6.11. The van der Waals surface area contributed by atoms with Crippen LogP contribution in [0.2, 0.25) is 5.02 Å². The van der Waals surface area contributed by atoms with Crippen LogP contribution in [0.3, 0.4) is 0 Å². The molecule has 0 atom stereocenters. The summed E-state index contributed by atoms with van der Waals surface area (Å²) in [6.45, 7) is 2.09. The van der Waals surface area contributed by atoms with E-state index in [1.54, 1.807) is 0 Å². The van der Waals surface area contributed by atoms with Gasteiger partial charge in [-0.3, -0.25) is 0 Å². The highest BCUT2D eigenvalue weighted by Crippen LogP contribution is 2.34. The molecule has 0 saturated carbocycles. The number of aryl methyl sites for hydroxylation is 1. The van der Waals surface area contributed by atoms with Gasteiger partial charge in [0, 0.05) is 18.3 Å². The van der Waals surface area contributed by atoms with Crippen LogP contribution in [0, 0.1) is 0 Å². The van der Waals surface area contributed by atoms with Crippen molar-refractivity contribution in [3.05, 3.63) is 58.4 Å². The van der Waals surface area contributed by atoms with Gasteiger partial charge in [-0.25, -0.2) is 4.98 Å². The first-order chi connectivity index (χ1) is 11.3. The molecule has 0 aliphatic carbocycles. The Morgan fingerprint density at radius 2 is 1.88 bits per heavy atom. The van der Waals surface area contributed by atoms with E-state index in [2.05, 4.69) is 4.98 Å². The molecule has 3 aromatic rings. The molecule has 0 bridgehead atoms. The third-order valence-electron chi connectivity index (χ3n) is 3.93. The number of hydrogen-bond acceptors (Lipinski definition) is 2. The van der Waals surface area contributed by atoms with Gasteiger partial charge in [-0.15, -0.1) is 0 Å². The molecule has 0 amide bonds. The van der Waals surface area contributed by atoms with Crippen molar-refractivity contribution in [2.75, 3.05) is 0 Å². The lowest BCUT2D eigenvalue weighted by Gasteiger charge is -2.09. The monoisotopic (exact) mass is 353 g/mol. The molecule has 0 spiro atoms. The summed E-state index contributed by atoms with van der Waals surface area (Å²) in [7, 11) is 0. The SMILES string of the molecule is CCc1ccc(-c2nc3c(Cl)cc(C(F)(F)F)cn3c2CN)cc1. The Morgan fingerprint density at radius 3 is 2.42 bits per heavy atom. The lowest BCUT2D eigenvalue weighted by Crippen LogP contribution is -2.09. The van der Waals surface area contributed by atoms with E-state index in [9.17, 15) is 13.2 Å². The minimum Gasteiger partial charge on any atom is -0.325 e. The Hall–Kier alpha value is -2.05. The van der Waals surface area contributed by atoms with Crippen molar-refractivity contribution in [2.45, 2.75) is 26.1 Å². The first kappa shape index (κ1) is 16.8. The van der Waals surface area contributed by atoms with Gasteiger partial charge in [0.15, 0.2) is 5.65 Å². The molecule has 0 aliphatic heterocycles. The molecule has 0 fully saturated rings. The number of imidazole rings is 1. The Balaban J connectivity index is 2.24.